The topological polar surface area (TPSA) is 103 Å². The maximum absolute atomic E-state index is 10.4. The van der Waals surface area contributed by atoms with Crippen LogP contribution in [0.3, 0.4) is 0 Å². The van der Waals surface area contributed by atoms with Crippen molar-refractivity contribution in [1.82, 2.24) is 20.3 Å². The second-order valence-corrected chi connectivity index (χ2v) is 7.79. The Balaban J connectivity index is 0.000000176. The van der Waals surface area contributed by atoms with E-state index >= 15 is 0 Å². The normalized spacial score (nSPS) is 15.6. The van der Waals surface area contributed by atoms with Gasteiger partial charge >= 0.3 is 0 Å². The molecule has 1 aliphatic heterocycles. The summed E-state index contributed by atoms with van der Waals surface area (Å²) in [5.41, 5.74) is 10.0. The van der Waals surface area contributed by atoms with Gasteiger partial charge in [0.05, 0.1) is 10.6 Å². The molecule has 3 heterocycles. The smallest absolute Gasteiger partial charge is 0.220 e. The molecular formula is C21H25N5O2S. The highest BCUT2D eigenvalue weighted by Crippen LogP contribution is 2.30. The van der Waals surface area contributed by atoms with Gasteiger partial charge in [-0.3, -0.25) is 4.79 Å². The second kappa shape index (κ2) is 10.2. The number of nitrogens with two attached hydrogens (primary N) is 1. The van der Waals surface area contributed by atoms with Crippen LogP contribution in [0.25, 0.3) is 11.3 Å². The van der Waals surface area contributed by atoms with Crippen molar-refractivity contribution in [1.29, 1.82) is 0 Å². The third-order valence-electron chi connectivity index (χ3n) is 4.54. The minimum absolute atomic E-state index is 0.142. The molecule has 7 nitrogen and oxygen atoms in total. The van der Waals surface area contributed by atoms with Crippen molar-refractivity contribution in [3.63, 3.8) is 0 Å². The Bertz CT molecular complexity index is 954. The lowest BCUT2D eigenvalue weighted by Crippen LogP contribution is -2.06. The first-order valence-corrected chi connectivity index (χ1v) is 10.3. The van der Waals surface area contributed by atoms with Crippen LogP contribution in [0.1, 0.15) is 44.8 Å². The van der Waals surface area contributed by atoms with E-state index in [4.69, 9.17) is 10.5 Å². The third kappa shape index (κ3) is 5.66. The second-order valence-electron chi connectivity index (χ2n) is 6.69. The largest absolute Gasteiger partial charge is 0.371 e. The average Bonchev–Trinajstić information content (AvgIpc) is 3.42. The molecule has 29 heavy (non-hydrogen) atoms. The number of nitrogen functional groups attached to an aromatic ring is 1. The first kappa shape index (κ1) is 21.0. The molecule has 1 unspecified atom stereocenters. The van der Waals surface area contributed by atoms with Gasteiger partial charge in [0, 0.05) is 31.1 Å². The van der Waals surface area contributed by atoms with Crippen LogP contribution in [-0.2, 0) is 11.3 Å². The number of benzene rings is 1. The highest BCUT2D eigenvalue weighted by atomic mass is 32.1. The summed E-state index contributed by atoms with van der Waals surface area (Å²) in [6, 6.07) is 8.15. The molecule has 1 aromatic carbocycles. The Morgan fingerprint density at radius 2 is 2.21 bits per heavy atom. The van der Waals surface area contributed by atoms with Gasteiger partial charge in [-0.15, -0.1) is 11.3 Å². The van der Waals surface area contributed by atoms with E-state index in [1.54, 1.807) is 12.4 Å². The zero-order chi connectivity index (χ0) is 20.6. The molecule has 8 heteroatoms. The highest BCUT2D eigenvalue weighted by Gasteiger charge is 2.20. The number of aromatic nitrogens is 3. The number of carbonyl (C=O) groups excluding carboxylic acids is 1. The lowest BCUT2D eigenvalue weighted by Gasteiger charge is -2.08. The van der Waals surface area contributed by atoms with Crippen LogP contribution in [0.15, 0.2) is 36.7 Å². The molecule has 3 aromatic rings. The number of anilines is 1. The Hall–Kier alpha value is -2.68. The van der Waals surface area contributed by atoms with Crippen molar-refractivity contribution in [2.24, 2.45) is 0 Å². The maximum Gasteiger partial charge on any atom is 0.220 e. The molecule has 0 bridgehead atoms. The van der Waals surface area contributed by atoms with Crippen LogP contribution >= 0.6 is 11.3 Å². The van der Waals surface area contributed by atoms with Gasteiger partial charge in [0.25, 0.3) is 0 Å². The van der Waals surface area contributed by atoms with Crippen molar-refractivity contribution >= 4 is 23.6 Å². The zero-order valence-corrected chi connectivity index (χ0v) is 17.4. The van der Waals surface area contributed by atoms with E-state index in [1.807, 2.05) is 13.1 Å². The summed E-state index contributed by atoms with van der Waals surface area (Å²) in [4.78, 5) is 23.3. The van der Waals surface area contributed by atoms with E-state index in [-0.39, 0.29) is 6.10 Å². The number of aldehydes is 1. The number of hydrogen-bond donors (Lipinski definition) is 2. The lowest BCUT2D eigenvalue weighted by molar-refractivity contribution is 0.111. The van der Waals surface area contributed by atoms with E-state index in [9.17, 15) is 4.79 Å². The summed E-state index contributed by atoms with van der Waals surface area (Å²) < 4.78 is 5.43. The third-order valence-corrected chi connectivity index (χ3v) is 5.56. The van der Waals surface area contributed by atoms with Crippen molar-refractivity contribution in [2.45, 2.75) is 32.4 Å². The van der Waals surface area contributed by atoms with Gasteiger partial charge in [0.1, 0.15) is 11.1 Å². The predicted molar refractivity (Wildman–Crippen MR) is 115 cm³/mol. The first-order valence-electron chi connectivity index (χ1n) is 9.46. The number of aryl methyl sites for hydroxylation is 1. The van der Waals surface area contributed by atoms with Gasteiger partial charge in [-0.05, 0) is 50.1 Å². The molecule has 152 valence electrons. The van der Waals surface area contributed by atoms with Gasteiger partial charge in [-0.1, -0.05) is 12.1 Å². The van der Waals surface area contributed by atoms with E-state index in [0.717, 1.165) is 48.5 Å². The lowest BCUT2D eigenvalue weighted by atomic mass is 10.0. The van der Waals surface area contributed by atoms with Crippen LogP contribution in [0.2, 0.25) is 0 Å². The van der Waals surface area contributed by atoms with Crippen LogP contribution < -0.4 is 11.1 Å². The van der Waals surface area contributed by atoms with Crippen LogP contribution in [0.4, 0.5) is 5.95 Å². The van der Waals surface area contributed by atoms with Gasteiger partial charge in [-0.2, -0.15) is 0 Å². The fourth-order valence-electron chi connectivity index (χ4n) is 3.06. The Labute approximate surface area is 174 Å². The van der Waals surface area contributed by atoms with Crippen LogP contribution in [0, 0.1) is 6.92 Å². The molecule has 1 fully saturated rings. The van der Waals surface area contributed by atoms with Gasteiger partial charge in [0.15, 0.2) is 6.29 Å². The highest BCUT2D eigenvalue weighted by molar-refractivity contribution is 7.13. The SMILES string of the molecule is CNCc1ccc(-c2ccnc(N)n2)cc1C.O=Cc1cnc(C2CCCO2)s1. The zero-order valence-electron chi connectivity index (χ0n) is 16.6. The monoisotopic (exact) mass is 411 g/mol. The maximum atomic E-state index is 10.4. The molecule has 0 amide bonds. The average molecular weight is 412 g/mol. The van der Waals surface area contributed by atoms with E-state index in [1.165, 1.54) is 22.5 Å². The summed E-state index contributed by atoms with van der Waals surface area (Å²) in [6.07, 6.45) is 6.38. The summed E-state index contributed by atoms with van der Waals surface area (Å²) in [5.74, 6) is 0.305. The van der Waals surface area contributed by atoms with Crippen LogP contribution in [0.5, 0.6) is 0 Å². The predicted octanol–water partition coefficient (Wildman–Crippen LogP) is 3.56. The Morgan fingerprint density at radius 1 is 1.34 bits per heavy atom. The van der Waals surface area contributed by atoms with Crippen molar-refractivity contribution in [3.05, 3.63) is 57.7 Å². The summed E-state index contributed by atoms with van der Waals surface area (Å²) in [5, 5.41) is 4.09. The van der Waals surface area contributed by atoms with Gasteiger partial charge in [-0.25, -0.2) is 15.0 Å². The number of rotatable bonds is 5. The fraction of sp³-hybridized carbons (Fsp3) is 0.333. The van der Waals surface area contributed by atoms with E-state index < -0.39 is 0 Å². The number of nitrogens with one attached hydrogen (secondary N) is 1. The molecule has 1 atom stereocenters. The van der Waals surface area contributed by atoms with Crippen LogP contribution in [-0.4, -0.2) is 34.9 Å². The number of thiazole rings is 1. The molecule has 4 rings (SSSR count). The summed E-state index contributed by atoms with van der Waals surface area (Å²) in [7, 11) is 1.94. The van der Waals surface area contributed by atoms with Gasteiger partial charge < -0.3 is 15.8 Å². The minimum Gasteiger partial charge on any atom is -0.371 e. The molecule has 2 aromatic heterocycles. The van der Waals surface area contributed by atoms with E-state index in [0.29, 0.717) is 10.8 Å². The number of nitrogens with zero attached hydrogens (tertiary/aromatic N) is 3. The summed E-state index contributed by atoms with van der Waals surface area (Å²) >= 11 is 1.43. The standard InChI is InChI=1S/C13H16N4.C8H9NO2S/c1-9-7-10(3-4-11(9)8-15-2)12-5-6-16-13(14)17-12;10-5-6-4-9-8(12-6)7-2-1-3-11-7/h3-7,15H,8H2,1-2H3,(H2,14,16,17);4-5,7H,1-3H2. The summed E-state index contributed by atoms with van der Waals surface area (Å²) in [6.45, 7) is 3.79. The molecule has 0 radical (unpaired) electrons. The van der Waals surface area contributed by atoms with E-state index in [2.05, 4.69) is 45.4 Å². The molecule has 0 saturated carbocycles. The number of hydrogen-bond acceptors (Lipinski definition) is 8. The molecular weight excluding hydrogens is 386 g/mol. The molecule has 3 N–H and O–H groups in total. The fourth-order valence-corrected chi connectivity index (χ4v) is 3.87. The molecule has 1 saturated heterocycles. The molecule has 1 aliphatic rings. The Morgan fingerprint density at radius 3 is 2.83 bits per heavy atom. The first-order chi connectivity index (χ1) is 14.1. The van der Waals surface area contributed by atoms with Crippen molar-refractivity contribution in [2.75, 3.05) is 19.4 Å². The number of ether oxygens (including phenoxy) is 1. The Kier molecular flexibility index (Phi) is 7.40. The molecule has 0 aliphatic carbocycles. The number of carbonyl (C=O) groups is 1. The van der Waals surface area contributed by atoms with Crippen molar-refractivity contribution < 1.29 is 9.53 Å². The van der Waals surface area contributed by atoms with Gasteiger partial charge in [0.2, 0.25) is 5.95 Å². The minimum atomic E-state index is 0.142. The quantitative estimate of drug-likeness (QED) is 0.619. The molecule has 0 spiro atoms. The van der Waals surface area contributed by atoms with Crippen molar-refractivity contribution in [3.8, 4) is 11.3 Å².